The van der Waals surface area contributed by atoms with Crippen LogP contribution in [-0.4, -0.2) is 21.0 Å². The van der Waals surface area contributed by atoms with Crippen molar-refractivity contribution in [3.63, 3.8) is 0 Å². The molecule has 0 atom stereocenters. The summed E-state index contributed by atoms with van der Waals surface area (Å²) in [4.78, 5) is 30.7. The highest BCUT2D eigenvalue weighted by Crippen LogP contribution is 2.24. The van der Waals surface area contributed by atoms with Gasteiger partial charge in [-0.15, -0.1) is 0 Å². The summed E-state index contributed by atoms with van der Waals surface area (Å²) in [6.45, 7) is 0.318. The minimum Gasteiger partial charge on any atom is -0.507 e. The predicted octanol–water partition coefficient (Wildman–Crippen LogP) is 1.49. The van der Waals surface area contributed by atoms with Crippen LogP contribution in [0.2, 0.25) is 0 Å². The molecule has 0 radical (unpaired) electrons. The number of hydrogen-bond donors (Lipinski definition) is 3. The zero-order valence-electron chi connectivity index (χ0n) is 12.2. The van der Waals surface area contributed by atoms with E-state index in [-0.39, 0.29) is 23.6 Å². The number of amides is 1. The predicted molar refractivity (Wildman–Crippen MR) is 86.0 cm³/mol. The largest absolute Gasteiger partial charge is 0.507 e. The van der Waals surface area contributed by atoms with E-state index in [2.05, 4.69) is 15.3 Å². The third kappa shape index (κ3) is 3.21. The zero-order chi connectivity index (χ0) is 16.2. The van der Waals surface area contributed by atoms with Crippen LogP contribution in [-0.2, 0) is 17.8 Å². The number of pyridine rings is 2. The number of nitrogens with one attached hydrogen (secondary N) is 2. The van der Waals surface area contributed by atoms with E-state index >= 15 is 0 Å². The molecule has 1 aromatic carbocycles. The number of aromatic nitrogens is 2. The Kier molecular flexibility index (Phi) is 4.05. The van der Waals surface area contributed by atoms with Crippen LogP contribution in [0, 0.1) is 0 Å². The Morgan fingerprint density at radius 2 is 2.04 bits per heavy atom. The van der Waals surface area contributed by atoms with Crippen molar-refractivity contribution in [3.05, 3.63) is 70.3 Å². The number of H-pyrrole nitrogens is 1. The summed E-state index contributed by atoms with van der Waals surface area (Å²) in [6.07, 6.45) is 3.12. The van der Waals surface area contributed by atoms with Gasteiger partial charge in [0.25, 0.3) is 5.56 Å². The molecule has 1 amide bonds. The van der Waals surface area contributed by atoms with Crippen LogP contribution in [0.1, 0.15) is 11.1 Å². The summed E-state index contributed by atoms with van der Waals surface area (Å²) in [5, 5.41) is 13.5. The maximum Gasteiger partial charge on any atom is 0.255 e. The molecule has 2 heterocycles. The molecule has 0 spiro atoms. The van der Waals surface area contributed by atoms with Crippen LogP contribution in [0.3, 0.4) is 0 Å². The van der Waals surface area contributed by atoms with Gasteiger partial charge in [-0.25, -0.2) is 0 Å². The van der Waals surface area contributed by atoms with Crippen molar-refractivity contribution in [2.45, 2.75) is 13.0 Å². The Labute approximate surface area is 131 Å². The minimum atomic E-state index is -0.460. The fourth-order valence-electron chi connectivity index (χ4n) is 2.36. The smallest absolute Gasteiger partial charge is 0.255 e. The maximum atomic E-state index is 12.1. The highest BCUT2D eigenvalue weighted by atomic mass is 16.3. The Morgan fingerprint density at radius 3 is 2.83 bits per heavy atom. The van der Waals surface area contributed by atoms with Gasteiger partial charge in [0.05, 0.1) is 17.5 Å². The van der Waals surface area contributed by atoms with Gasteiger partial charge in [0.15, 0.2) is 0 Å². The summed E-state index contributed by atoms with van der Waals surface area (Å²) in [7, 11) is 0. The first-order valence-corrected chi connectivity index (χ1v) is 7.13. The lowest BCUT2D eigenvalue weighted by atomic mass is 10.1. The van der Waals surface area contributed by atoms with Crippen LogP contribution >= 0.6 is 0 Å². The van der Waals surface area contributed by atoms with E-state index in [1.807, 2.05) is 6.07 Å². The van der Waals surface area contributed by atoms with Gasteiger partial charge in [-0.05, 0) is 23.8 Å². The monoisotopic (exact) mass is 309 g/mol. The third-order valence-corrected chi connectivity index (χ3v) is 3.54. The van der Waals surface area contributed by atoms with Gasteiger partial charge in [-0.2, -0.15) is 0 Å². The molecule has 0 aliphatic rings. The van der Waals surface area contributed by atoms with Crippen LogP contribution in [0.5, 0.6) is 5.75 Å². The number of aromatic amines is 1. The summed E-state index contributed by atoms with van der Waals surface area (Å²) < 4.78 is 0. The van der Waals surface area contributed by atoms with E-state index in [1.165, 1.54) is 0 Å². The Bertz CT molecular complexity index is 904. The number of para-hydroxylation sites is 1. The lowest BCUT2D eigenvalue weighted by Gasteiger charge is -2.08. The quantitative estimate of drug-likeness (QED) is 0.680. The van der Waals surface area contributed by atoms with Gasteiger partial charge >= 0.3 is 0 Å². The Hall–Kier alpha value is -3.15. The summed E-state index contributed by atoms with van der Waals surface area (Å²) in [5.41, 5.74) is 0.997. The van der Waals surface area contributed by atoms with Gasteiger partial charge < -0.3 is 15.4 Å². The van der Waals surface area contributed by atoms with Crippen LogP contribution in [0.4, 0.5) is 0 Å². The molecule has 3 rings (SSSR count). The number of nitrogens with zero attached hydrogens (tertiary/aromatic N) is 1. The van der Waals surface area contributed by atoms with E-state index in [1.54, 1.807) is 42.7 Å². The molecule has 0 saturated carbocycles. The average molecular weight is 309 g/mol. The van der Waals surface area contributed by atoms with Crippen LogP contribution < -0.4 is 10.9 Å². The number of hydrogen-bond acceptors (Lipinski definition) is 4. The van der Waals surface area contributed by atoms with E-state index in [9.17, 15) is 14.7 Å². The van der Waals surface area contributed by atoms with Crippen molar-refractivity contribution in [1.29, 1.82) is 0 Å². The third-order valence-electron chi connectivity index (χ3n) is 3.54. The number of carbonyl (C=O) groups excluding carboxylic acids is 1. The van der Waals surface area contributed by atoms with E-state index in [4.69, 9.17) is 0 Å². The number of carbonyl (C=O) groups is 1. The number of aromatic hydroxyl groups is 1. The molecule has 0 aliphatic heterocycles. The number of rotatable bonds is 4. The second kappa shape index (κ2) is 6.31. The van der Waals surface area contributed by atoms with Gasteiger partial charge in [0.2, 0.25) is 5.91 Å². The highest BCUT2D eigenvalue weighted by molar-refractivity contribution is 5.88. The Balaban J connectivity index is 1.78. The zero-order valence-corrected chi connectivity index (χ0v) is 12.2. The van der Waals surface area contributed by atoms with Gasteiger partial charge in [0, 0.05) is 24.3 Å². The van der Waals surface area contributed by atoms with Crippen molar-refractivity contribution in [3.8, 4) is 5.75 Å². The Morgan fingerprint density at radius 1 is 1.22 bits per heavy atom. The lowest BCUT2D eigenvalue weighted by molar-refractivity contribution is -0.120. The first kappa shape index (κ1) is 14.8. The topological polar surface area (TPSA) is 95.1 Å². The van der Waals surface area contributed by atoms with Gasteiger partial charge in [-0.1, -0.05) is 18.2 Å². The number of benzene rings is 1. The lowest BCUT2D eigenvalue weighted by Crippen LogP contribution is -2.27. The van der Waals surface area contributed by atoms with E-state index in [0.29, 0.717) is 17.4 Å². The highest BCUT2D eigenvalue weighted by Gasteiger charge is 2.15. The molecule has 3 N–H and O–H groups in total. The molecule has 2 aromatic heterocycles. The molecule has 0 aliphatic carbocycles. The van der Waals surface area contributed by atoms with Crippen molar-refractivity contribution < 1.29 is 9.90 Å². The second-order valence-electron chi connectivity index (χ2n) is 5.14. The molecule has 3 aromatic rings. The molecule has 6 heteroatoms. The van der Waals surface area contributed by atoms with Crippen LogP contribution in [0.25, 0.3) is 10.9 Å². The number of fused-ring (bicyclic) bond motifs is 1. The fourth-order valence-corrected chi connectivity index (χ4v) is 2.36. The van der Waals surface area contributed by atoms with E-state index < -0.39 is 5.56 Å². The first-order chi connectivity index (χ1) is 11.1. The molecule has 0 fully saturated rings. The first-order valence-electron chi connectivity index (χ1n) is 7.13. The molecule has 0 unspecified atom stereocenters. The summed E-state index contributed by atoms with van der Waals surface area (Å²) >= 11 is 0. The molecule has 0 bridgehead atoms. The normalized spacial score (nSPS) is 10.6. The van der Waals surface area contributed by atoms with Crippen molar-refractivity contribution in [1.82, 2.24) is 15.3 Å². The second-order valence-corrected chi connectivity index (χ2v) is 5.14. The molecule has 116 valence electrons. The standard InChI is InChI=1S/C17H15N3O3/c21-15(19-10-11-4-3-7-18-9-11)8-13-16(22)12-5-1-2-6-14(12)20-17(13)23/h1-7,9H,8,10H2,(H,19,21)(H2,20,22,23). The SMILES string of the molecule is O=C(Cc1c(O)c2ccccc2[nH]c1=O)NCc1cccnc1. The van der Waals surface area contributed by atoms with Gasteiger partial charge in [-0.3, -0.25) is 14.6 Å². The minimum absolute atomic E-state index is 0.0624. The van der Waals surface area contributed by atoms with Crippen LogP contribution in [0.15, 0.2) is 53.6 Å². The van der Waals surface area contributed by atoms with Crippen molar-refractivity contribution in [2.75, 3.05) is 0 Å². The van der Waals surface area contributed by atoms with Gasteiger partial charge in [0.1, 0.15) is 5.75 Å². The maximum absolute atomic E-state index is 12.1. The van der Waals surface area contributed by atoms with Crippen molar-refractivity contribution in [2.24, 2.45) is 0 Å². The summed E-state index contributed by atoms with van der Waals surface area (Å²) in [6, 6.07) is 10.5. The van der Waals surface area contributed by atoms with E-state index in [0.717, 1.165) is 5.56 Å². The van der Waals surface area contributed by atoms with Crippen molar-refractivity contribution >= 4 is 16.8 Å². The summed E-state index contributed by atoms with van der Waals surface area (Å²) in [5.74, 6) is -0.495. The molecular formula is C17H15N3O3. The molecule has 6 nitrogen and oxygen atoms in total. The molecule has 0 saturated heterocycles. The molecular weight excluding hydrogens is 294 g/mol. The average Bonchev–Trinajstić information content (AvgIpc) is 2.58. The molecule has 23 heavy (non-hydrogen) atoms. The fraction of sp³-hybridized carbons (Fsp3) is 0.118.